The van der Waals surface area contributed by atoms with E-state index in [1.54, 1.807) is 24.3 Å². The maximum absolute atomic E-state index is 12.2. The SMILES string of the molecule is O=C1C=C[C@H](O)[C@@H](N2C(=O)c3ccccc3C2=O)C1. The minimum absolute atomic E-state index is 0.0386. The van der Waals surface area contributed by atoms with Crippen LogP contribution >= 0.6 is 0 Å². The van der Waals surface area contributed by atoms with Crippen molar-refractivity contribution in [1.29, 1.82) is 0 Å². The molecule has 2 atom stereocenters. The van der Waals surface area contributed by atoms with Gasteiger partial charge < -0.3 is 5.11 Å². The lowest BCUT2D eigenvalue weighted by Gasteiger charge is -2.30. The Kier molecular flexibility index (Phi) is 2.57. The van der Waals surface area contributed by atoms with Gasteiger partial charge in [0.25, 0.3) is 11.8 Å². The molecule has 0 bridgehead atoms. The summed E-state index contributed by atoms with van der Waals surface area (Å²) in [4.78, 5) is 36.8. The Bertz CT molecular complexity index is 585. The van der Waals surface area contributed by atoms with E-state index in [1.807, 2.05) is 0 Å². The summed E-state index contributed by atoms with van der Waals surface area (Å²) in [5.41, 5.74) is 0.642. The summed E-state index contributed by atoms with van der Waals surface area (Å²) in [5, 5.41) is 9.88. The minimum atomic E-state index is -1.00. The van der Waals surface area contributed by atoms with Crippen LogP contribution in [-0.2, 0) is 4.79 Å². The molecule has 1 aromatic rings. The second-order valence-corrected chi connectivity index (χ2v) is 4.61. The summed E-state index contributed by atoms with van der Waals surface area (Å²) < 4.78 is 0. The smallest absolute Gasteiger partial charge is 0.261 e. The summed E-state index contributed by atoms with van der Waals surface area (Å²) in [6, 6.07) is 5.68. The van der Waals surface area contributed by atoms with E-state index in [1.165, 1.54) is 12.2 Å². The lowest BCUT2D eigenvalue weighted by molar-refractivity contribution is -0.116. The zero-order valence-corrected chi connectivity index (χ0v) is 9.95. The molecule has 3 rings (SSSR count). The van der Waals surface area contributed by atoms with Gasteiger partial charge in [0, 0.05) is 6.42 Å². The van der Waals surface area contributed by atoms with Crippen molar-refractivity contribution in [3.05, 3.63) is 47.5 Å². The topological polar surface area (TPSA) is 74.7 Å². The molecule has 2 aliphatic rings. The van der Waals surface area contributed by atoms with Gasteiger partial charge in [0.15, 0.2) is 5.78 Å². The standard InChI is InChI=1S/C14H11NO4/c16-8-5-6-12(17)11(7-8)15-13(18)9-3-1-2-4-10(9)14(15)19/h1-6,11-12,17H,7H2/t11-,12-/m0/s1. The number of hydrogen-bond donors (Lipinski definition) is 1. The lowest BCUT2D eigenvalue weighted by Crippen LogP contribution is -2.48. The number of carbonyl (C=O) groups is 3. The van der Waals surface area contributed by atoms with Crippen molar-refractivity contribution in [1.82, 2.24) is 4.90 Å². The first-order valence-electron chi connectivity index (χ1n) is 5.95. The molecule has 0 aromatic heterocycles. The maximum Gasteiger partial charge on any atom is 0.261 e. The Hall–Kier alpha value is -2.27. The van der Waals surface area contributed by atoms with Crippen molar-refractivity contribution in [2.45, 2.75) is 18.6 Å². The van der Waals surface area contributed by atoms with Crippen LogP contribution in [0.3, 0.4) is 0 Å². The minimum Gasteiger partial charge on any atom is -0.387 e. The second-order valence-electron chi connectivity index (χ2n) is 4.61. The molecule has 1 aliphatic heterocycles. The largest absolute Gasteiger partial charge is 0.387 e. The number of imide groups is 1. The second kappa shape index (κ2) is 4.13. The number of fused-ring (bicyclic) bond motifs is 1. The lowest BCUT2D eigenvalue weighted by atomic mass is 9.96. The highest BCUT2D eigenvalue weighted by Crippen LogP contribution is 2.28. The fraction of sp³-hybridized carbons (Fsp3) is 0.214. The molecule has 1 aromatic carbocycles. The van der Waals surface area contributed by atoms with Crippen molar-refractivity contribution in [2.75, 3.05) is 0 Å². The van der Waals surface area contributed by atoms with Gasteiger partial charge in [-0.1, -0.05) is 18.2 Å². The number of benzene rings is 1. The van der Waals surface area contributed by atoms with Crippen LogP contribution in [-0.4, -0.2) is 39.7 Å². The highest BCUT2D eigenvalue weighted by atomic mass is 16.3. The Labute approximate surface area is 109 Å². The molecule has 0 fully saturated rings. The first kappa shape index (κ1) is 11.8. The van der Waals surface area contributed by atoms with Gasteiger partial charge in [-0.05, 0) is 18.2 Å². The number of nitrogens with zero attached hydrogens (tertiary/aromatic N) is 1. The predicted octanol–water partition coefficient (Wildman–Crippen LogP) is 0.541. The number of aliphatic hydroxyl groups is 1. The highest BCUT2D eigenvalue weighted by Gasteiger charge is 2.43. The zero-order valence-electron chi connectivity index (χ0n) is 9.95. The van der Waals surface area contributed by atoms with E-state index < -0.39 is 24.0 Å². The molecule has 1 heterocycles. The number of hydrogen-bond acceptors (Lipinski definition) is 4. The van der Waals surface area contributed by atoms with Crippen LogP contribution in [0.4, 0.5) is 0 Å². The van der Waals surface area contributed by atoms with E-state index in [9.17, 15) is 19.5 Å². The molecule has 19 heavy (non-hydrogen) atoms. The van der Waals surface area contributed by atoms with Crippen molar-refractivity contribution < 1.29 is 19.5 Å². The van der Waals surface area contributed by atoms with E-state index in [0.29, 0.717) is 11.1 Å². The number of carbonyl (C=O) groups excluding carboxylic acids is 3. The van der Waals surface area contributed by atoms with Crippen LogP contribution in [0.2, 0.25) is 0 Å². The number of aliphatic hydroxyl groups excluding tert-OH is 1. The summed E-state index contributed by atoms with van der Waals surface area (Å²) in [5.74, 6) is -1.10. The molecule has 0 unspecified atom stereocenters. The molecule has 0 radical (unpaired) electrons. The van der Waals surface area contributed by atoms with Gasteiger partial charge in [0.1, 0.15) is 0 Å². The Morgan fingerprint density at radius 2 is 1.63 bits per heavy atom. The Morgan fingerprint density at radius 3 is 2.21 bits per heavy atom. The van der Waals surface area contributed by atoms with Crippen molar-refractivity contribution in [3.63, 3.8) is 0 Å². The van der Waals surface area contributed by atoms with Crippen LogP contribution in [0.15, 0.2) is 36.4 Å². The molecule has 5 heteroatoms. The number of ketones is 1. The van der Waals surface area contributed by atoms with Crippen LogP contribution in [0.1, 0.15) is 27.1 Å². The van der Waals surface area contributed by atoms with Crippen molar-refractivity contribution >= 4 is 17.6 Å². The van der Waals surface area contributed by atoms with Crippen LogP contribution < -0.4 is 0 Å². The van der Waals surface area contributed by atoms with E-state index in [2.05, 4.69) is 0 Å². The van der Waals surface area contributed by atoms with E-state index in [-0.39, 0.29) is 12.2 Å². The van der Waals surface area contributed by atoms with Gasteiger partial charge in [-0.25, -0.2) is 0 Å². The first-order valence-corrected chi connectivity index (χ1v) is 5.95. The molecular weight excluding hydrogens is 246 g/mol. The molecule has 1 aliphatic carbocycles. The van der Waals surface area contributed by atoms with E-state index in [4.69, 9.17) is 0 Å². The van der Waals surface area contributed by atoms with Crippen LogP contribution in [0.25, 0.3) is 0 Å². The molecule has 0 saturated carbocycles. The zero-order chi connectivity index (χ0) is 13.6. The summed E-state index contributed by atoms with van der Waals surface area (Å²) in [6.07, 6.45) is 1.56. The fourth-order valence-corrected chi connectivity index (χ4v) is 2.48. The van der Waals surface area contributed by atoms with Crippen LogP contribution in [0.5, 0.6) is 0 Å². The van der Waals surface area contributed by atoms with Crippen molar-refractivity contribution in [2.24, 2.45) is 0 Å². The third-order valence-electron chi connectivity index (χ3n) is 3.44. The molecule has 0 spiro atoms. The normalized spacial score (nSPS) is 25.9. The first-order chi connectivity index (χ1) is 9.09. The summed E-state index contributed by atoms with van der Waals surface area (Å²) in [6.45, 7) is 0. The molecular formula is C14H11NO4. The van der Waals surface area contributed by atoms with Crippen LogP contribution in [0, 0.1) is 0 Å². The quantitative estimate of drug-likeness (QED) is 0.745. The predicted molar refractivity (Wildman–Crippen MR) is 65.5 cm³/mol. The van der Waals surface area contributed by atoms with Gasteiger partial charge in [-0.2, -0.15) is 0 Å². The molecule has 0 saturated heterocycles. The van der Waals surface area contributed by atoms with E-state index in [0.717, 1.165) is 4.90 Å². The summed E-state index contributed by atoms with van der Waals surface area (Å²) in [7, 11) is 0. The van der Waals surface area contributed by atoms with Gasteiger partial charge in [-0.15, -0.1) is 0 Å². The third kappa shape index (κ3) is 1.70. The highest BCUT2D eigenvalue weighted by molar-refractivity contribution is 6.21. The maximum atomic E-state index is 12.2. The monoisotopic (exact) mass is 257 g/mol. The number of amides is 2. The molecule has 5 nitrogen and oxygen atoms in total. The number of rotatable bonds is 1. The average molecular weight is 257 g/mol. The third-order valence-corrected chi connectivity index (χ3v) is 3.44. The summed E-state index contributed by atoms with van der Waals surface area (Å²) >= 11 is 0. The van der Waals surface area contributed by atoms with Gasteiger partial charge in [0.2, 0.25) is 0 Å². The molecule has 96 valence electrons. The fourth-order valence-electron chi connectivity index (χ4n) is 2.48. The van der Waals surface area contributed by atoms with Gasteiger partial charge >= 0.3 is 0 Å². The molecule has 2 amide bonds. The van der Waals surface area contributed by atoms with E-state index >= 15 is 0 Å². The Balaban J connectivity index is 2.00. The average Bonchev–Trinajstić information content (AvgIpc) is 2.66. The molecule has 1 N–H and O–H groups in total. The van der Waals surface area contributed by atoms with Gasteiger partial charge in [-0.3, -0.25) is 19.3 Å². The van der Waals surface area contributed by atoms with Gasteiger partial charge in [0.05, 0.1) is 23.3 Å². The number of allylic oxidation sites excluding steroid dienone is 1. The Morgan fingerprint density at radius 1 is 1.05 bits per heavy atom. The van der Waals surface area contributed by atoms with Crippen molar-refractivity contribution in [3.8, 4) is 0 Å².